The van der Waals surface area contributed by atoms with Crippen LogP contribution in [0.25, 0.3) is 0 Å². The molecule has 0 spiro atoms. The first-order valence-corrected chi connectivity index (χ1v) is 7.83. The number of alkyl halides is 2. The Bertz CT molecular complexity index is 416. The summed E-state index contributed by atoms with van der Waals surface area (Å²) in [6.07, 6.45) is 6.53. The fourth-order valence-corrected chi connectivity index (χ4v) is 5.42. The smallest absolute Gasteiger partial charge is 0.334 e. The topological polar surface area (TPSA) is 26.3 Å². The first-order valence-electron chi connectivity index (χ1n) is 6.00. The van der Waals surface area contributed by atoms with Gasteiger partial charge in [-0.1, -0.05) is 50.1 Å². The van der Waals surface area contributed by atoms with E-state index >= 15 is 0 Å². The number of esters is 1. The first kappa shape index (κ1) is 12.0. The van der Waals surface area contributed by atoms with E-state index in [1.165, 1.54) is 0 Å². The van der Waals surface area contributed by atoms with Crippen molar-refractivity contribution < 1.29 is 9.53 Å². The molecule has 6 atom stereocenters. The Morgan fingerprint density at radius 1 is 1.29 bits per heavy atom. The van der Waals surface area contributed by atoms with Crippen LogP contribution in [0.3, 0.4) is 0 Å². The van der Waals surface area contributed by atoms with Crippen LogP contribution in [0.5, 0.6) is 0 Å². The molecule has 17 heavy (non-hydrogen) atoms. The minimum atomic E-state index is -0.136. The van der Waals surface area contributed by atoms with Crippen LogP contribution in [-0.4, -0.2) is 22.2 Å². The summed E-state index contributed by atoms with van der Waals surface area (Å²) in [6.45, 7) is 2.30. The molecule has 92 valence electrons. The molecule has 0 aliphatic heterocycles. The lowest BCUT2D eigenvalue weighted by Crippen LogP contribution is -2.58. The normalized spacial score (nSPS) is 45.9. The molecule has 0 heterocycles. The lowest BCUT2D eigenvalue weighted by Gasteiger charge is -2.57. The molecule has 0 radical (unpaired) electrons. The zero-order chi connectivity index (χ0) is 12.2. The van der Waals surface area contributed by atoms with Crippen molar-refractivity contribution in [1.82, 2.24) is 0 Å². The molecule has 4 heteroatoms. The number of hydrogen-bond acceptors (Lipinski definition) is 2. The highest BCUT2D eigenvalue weighted by Crippen LogP contribution is 2.59. The van der Waals surface area contributed by atoms with Gasteiger partial charge in [-0.15, -0.1) is 0 Å². The summed E-state index contributed by atoms with van der Waals surface area (Å²) in [5.41, 5.74) is 0.865. The van der Waals surface area contributed by atoms with Crippen LogP contribution < -0.4 is 0 Å². The van der Waals surface area contributed by atoms with E-state index in [9.17, 15) is 4.79 Å². The van der Waals surface area contributed by atoms with Crippen molar-refractivity contribution in [2.75, 3.05) is 6.61 Å². The van der Waals surface area contributed by atoms with Gasteiger partial charge in [0.2, 0.25) is 0 Å². The molecular formula is C13H14Br2O2. The van der Waals surface area contributed by atoms with Crippen molar-refractivity contribution in [3.63, 3.8) is 0 Å². The number of rotatable bonds is 2. The monoisotopic (exact) mass is 360 g/mol. The average Bonchev–Trinajstić information content (AvgIpc) is 2.37. The standard InChI is InChI=1S/C13H14Br2O2/c1-2-17-13(16)8-5-6-3-4-7(8)10-9(6)11(14)12(10)15/h3-7,9-12H,2H2,1H3/t6-,7-,9+,10+,11-,12+/m1/s1. The highest BCUT2D eigenvalue weighted by Gasteiger charge is 2.58. The number of halogens is 2. The summed E-state index contributed by atoms with van der Waals surface area (Å²) < 4.78 is 5.14. The van der Waals surface area contributed by atoms with Gasteiger partial charge in [-0.05, 0) is 24.7 Å². The summed E-state index contributed by atoms with van der Waals surface area (Å²) in [7, 11) is 0. The maximum absolute atomic E-state index is 11.9. The van der Waals surface area contributed by atoms with Crippen LogP contribution in [-0.2, 0) is 9.53 Å². The highest BCUT2D eigenvalue weighted by atomic mass is 79.9. The van der Waals surface area contributed by atoms with Crippen LogP contribution in [0.15, 0.2) is 23.8 Å². The van der Waals surface area contributed by atoms with E-state index in [-0.39, 0.29) is 11.9 Å². The highest BCUT2D eigenvalue weighted by molar-refractivity contribution is 9.12. The summed E-state index contributed by atoms with van der Waals surface area (Å²) >= 11 is 7.46. The second-order valence-electron chi connectivity index (χ2n) is 4.87. The second-order valence-corrected chi connectivity index (χ2v) is 6.99. The predicted octanol–water partition coefficient (Wildman–Crippen LogP) is 3.06. The molecule has 0 aromatic carbocycles. The summed E-state index contributed by atoms with van der Waals surface area (Å²) in [5.74, 6) is 1.67. The van der Waals surface area contributed by atoms with Crippen LogP contribution in [0.4, 0.5) is 0 Å². The molecule has 0 N–H and O–H groups in total. The summed E-state index contributed by atoms with van der Waals surface area (Å²) in [5, 5.41) is 0. The Morgan fingerprint density at radius 2 is 2.00 bits per heavy atom. The van der Waals surface area contributed by atoms with E-state index in [4.69, 9.17) is 4.74 Å². The third-order valence-electron chi connectivity index (χ3n) is 4.13. The molecule has 2 bridgehead atoms. The number of carbonyl (C=O) groups is 1. The minimum Gasteiger partial charge on any atom is -0.463 e. The maximum atomic E-state index is 11.9. The van der Waals surface area contributed by atoms with E-state index in [1.807, 2.05) is 6.92 Å². The molecule has 0 saturated heterocycles. The van der Waals surface area contributed by atoms with Gasteiger partial charge in [0.1, 0.15) is 0 Å². The Labute approximate surface area is 118 Å². The molecule has 1 saturated carbocycles. The molecule has 0 amide bonds. The Balaban J connectivity index is 1.89. The van der Waals surface area contributed by atoms with Crippen LogP contribution in [0.2, 0.25) is 0 Å². The van der Waals surface area contributed by atoms with Gasteiger partial charge in [0, 0.05) is 21.1 Å². The molecule has 0 aromatic rings. The van der Waals surface area contributed by atoms with Crippen molar-refractivity contribution in [2.45, 2.75) is 16.6 Å². The van der Waals surface area contributed by atoms with Gasteiger partial charge in [0.15, 0.2) is 0 Å². The Morgan fingerprint density at radius 3 is 2.71 bits per heavy atom. The van der Waals surface area contributed by atoms with E-state index in [0.29, 0.717) is 34.0 Å². The third-order valence-corrected chi connectivity index (χ3v) is 7.20. The second kappa shape index (κ2) is 4.23. The van der Waals surface area contributed by atoms with Crippen molar-refractivity contribution >= 4 is 37.8 Å². The van der Waals surface area contributed by atoms with E-state index < -0.39 is 0 Å². The quantitative estimate of drug-likeness (QED) is 0.429. The zero-order valence-electron chi connectivity index (χ0n) is 9.48. The van der Waals surface area contributed by atoms with Crippen LogP contribution >= 0.6 is 31.9 Å². The Kier molecular flexibility index (Phi) is 2.98. The number of hydrogen-bond donors (Lipinski definition) is 0. The molecule has 4 rings (SSSR count). The minimum absolute atomic E-state index is 0.136. The van der Waals surface area contributed by atoms with Gasteiger partial charge >= 0.3 is 5.97 Å². The lowest BCUT2D eigenvalue weighted by atomic mass is 9.53. The SMILES string of the molecule is CCOC(=O)C1=C[C@H]2C=C[C@H]1[C@@H]1[C@H](Br)[C@H](Br)[C@@H]21. The number of ether oxygens (including phenoxy) is 1. The molecule has 1 fully saturated rings. The van der Waals surface area contributed by atoms with Gasteiger partial charge < -0.3 is 4.74 Å². The molecule has 0 aromatic heterocycles. The first-order chi connectivity index (χ1) is 8.15. The fourth-order valence-electron chi connectivity index (χ4n) is 3.33. The molecule has 2 nitrogen and oxygen atoms in total. The van der Waals surface area contributed by atoms with Crippen molar-refractivity contribution in [2.24, 2.45) is 23.7 Å². The van der Waals surface area contributed by atoms with Gasteiger partial charge in [0.05, 0.1) is 6.61 Å². The number of carbonyl (C=O) groups excluding carboxylic acids is 1. The van der Waals surface area contributed by atoms with E-state index in [2.05, 4.69) is 50.1 Å². The van der Waals surface area contributed by atoms with E-state index in [1.54, 1.807) is 0 Å². The average molecular weight is 362 g/mol. The van der Waals surface area contributed by atoms with E-state index in [0.717, 1.165) is 5.57 Å². The van der Waals surface area contributed by atoms with Crippen LogP contribution in [0, 0.1) is 23.7 Å². The van der Waals surface area contributed by atoms with Gasteiger partial charge in [-0.2, -0.15) is 0 Å². The van der Waals surface area contributed by atoms with Gasteiger partial charge in [-0.3, -0.25) is 0 Å². The van der Waals surface area contributed by atoms with Crippen molar-refractivity contribution in [3.8, 4) is 0 Å². The number of allylic oxidation sites excluding steroid dienone is 3. The molecule has 4 aliphatic rings. The largest absolute Gasteiger partial charge is 0.463 e. The maximum Gasteiger partial charge on any atom is 0.334 e. The Hall–Kier alpha value is -0.0900. The third kappa shape index (κ3) is 1.60. The molecule has 4 aliphatic carbocycles. The zero-order valence-corrected chi connectivity index (χ0v) is 12.6. The lowest BCUT2D eigenvalue weighted by molar-refractivity contribution is -0.139. The van der Waals surface area contributed by atoms with Crippen molar-refractivity contribution in [1.29, 1.82) is 0 Å². The fraction of sp³-hybridized carbons (Fsp3) is 0.615. The van der Waals surface area contributed by atoms with Gasteiger partial charge in [-0.25, -0.2) is 4.79 Å². The summed E-state index contributed by atoms with van der Waals surface area (Å²) in [4.78, 5) is 12.9. The predicted molar refractivity (Wildman–Crippen MR) is 73.2 cm³/mol. The van der Waals surface area contributed by atoms with Crippen LogP contribution in [0.1, 0.15) is 6.92 Å². The summed E-state index contributed by atoms with van der Waals surface area (Å²) in [6, 6.07) is 0. The van der Waals surface area contributed by atoms with Crippen molar-refractivity contribution in [3.05, 3.63) is 23.8 Å². The van der Waals surface area contributed by atoms with Gasteiger partial charge in [0.25, 0.3) is 0 Å². The molecular weight excluding hydrogens is 348 g/mol. The molecule has 0 unspecified atom stereocenters.